The maximum Gasteiger partial charge on any atom is 0.410 e. The van der Waals surface area contributed by atoms with E-state index in [-0.39, 0.29) is 43.6 Å². The molecular formula is C25H40Cl2N8O2. The molecule has 2 aromatic rings. The van der Waals surface area contributed by atoms with Gasteiger partial charge in [-0.15, -0.1) is 24.8 Å². The Bertz CT molecular complexity index is 1030. The summed E-state index contributed by atoms with van der Waals surface area (Å²) in [6.45, 7) is 5.13. The number of nitrogens with zero attached hydrogens (tertiary/aromatic N) is 5. The van der Waals surface area contributed by atoms with Crippen LogP contribution in [0.2, 0.25) is 0 Å². The lowest BCUT2D eigenvalue weighted by Crippen LogP contribution is -2.42. The van der Waals surface area contributed by atoms with Gasteiger partial charge in [-0.2, -0.15) is 9.97 Å². The van der Waals surface area contributed by atoms with Crippen molar-refractivity contribution in [1.82, 2.24) is 24.4 Å². The molecule has 10 nitrogen and oxygen atoms in total. The molecule has 3 aliphatic rings. The summed E-state index contributed by atoms with van der Waals surface area (Å²) in [5, 5.41) is 7.22. The van der Waals surface area contributed by atoms with Gasteiger partial charge in [-0.25, -0.2) is 9.78 Å². The largest absolute Gasteiger partial charge is 0.445 e. The average Bonchev–Trinajstić information content (AvgIpc) is 3.54. The van der Waals surface area contributed by atoms with E-state index in [1.54, 1.807) is 11.0 Å². The Hall–Kier alpha value is -2.30. The standard InChI is InChI=1S/C25H38N8O2.2ClH/c1-2-15-35-25(34)32-13-11-19(12-14-32)28-22-21-23(33(16-27-21)20-5-3-4-6-20)31-24(30-22)29-18-9-7-17(26)8-10-18;;/h2,16-20H,1,3-15,26H2,(H2,28,29,30,31);2*1H. The molecule has 5 rings (SSSR count). The number of likely N-dealkylation sites (tertiary alicyclic amines) is 1. The van der Waals surface area contributed by atoms with Crippen molar-refractivity contribution in [2.75, 3.05) is 30.3 Å². The Kier molecular flexibility index (Phi) is 10.7. The van der Waals surface area contributed by atoms with Crippen LogP contribution in [0.5, 0.6) is 0 Å². The van der Waals surface area contributed by atoms with Crippen LogP contribution in [0.25, 0.3) is 11.2 Å². The van der Waals surface area contributed by atoms with E-state index in [9.17, 15) is 4.79 Å². The van der Waals surface area contributed by atoms with Gasteiger partial charge in [0.25, 0.3) is 0 Å². The Labute approximate surface area is 231 Å². The van der Waals surface area contributed by atoms with Crippen molar-refractivity contribution >= 4 is 53.8 Å². The van der Waals surface area contributed by atoms with Gasteiger partial charge in [-0.05, 0) is 51.4 Å². The van der Waals surface area contributed by atoms with Crippen LogP contribution < -0.4 is 16.4 Å². The highest BCUT2D eigenvalue weighted by molar-refractivity contribution is 5.86. The third-order valence-corrected chi connectivity index (χ3v) is 7.66. The third-order valence-electron chi connectivity index (χ3n) is 7.66. The second kappa shape index (κ2) is 13.5. The summed E-state index contributed by atoms with van der Waals surface area (Å²) >= 11 is 0. The fraction of sp³-hybridized carbons (Fsp3) is 0.680. The zero-order chi connectivity index (χ0) is 24.2. The van der Waals surface area contributed by atoms with E-state index in [0.29, 0.717) is 37.2 Å². The molecule has 37 heavy (non-hydrogen) atoms. The van der Waals surface area contributed by atoms with Crippen LogP contribution in [-0.2, 0) is 4.74 Å². The smallest absolute Gasteiger partial charge is 0.410 e. The van der Waals surface area contributed by atoms with Crippen molar-refractivity contribution in [3.8, 4) is 0 Å². The molecule has 1 saturated heterocycles. The van der Waals surface area contributed by atoms with E-state index in [4.69, 9.17) is 25.4 Å². The number of imidazole rings is 1. The van der Waals surface area contributed by atoms with Crippen molar-refractivity contribution in [2.45, 2.75) is 88.4 Å². The maximum atomic E-state index is 12.2. The predicted octanol–water partition coefficient (Wildman–Crippen LogP) is 4.67. The van der Waals surface area contributed by atoms with Crippen LogP contribution >= 0.6 is 24.8 Å². The first-order valence-electron chi connectivity index (χ1n) is 13.2. The molecule has 0 spiro atoms. The van der Waals surface area contributed by atoms with Crippen LogP contribution in [0.4, 0.5) is 16.6 Å². The molecule has 2 aliphatic carbocycles. The molecule has 3 fully saturated rings. The lowest BCUT2D eigenvalue weighted by molar-refractivity contribution is 0.103. The first-order valence-corrected chi connectivity index (χ1v) is 13.2. The number of hydrogen-bond donors (Lipinski definition) is 3. The number of ether oxygens (including phenoxy) is 1. The number of hydrogen-bond acceptors (Lipinski definition) is 8. The normalized spacial score (nSPS) is 22.7. The van der Waals surface area contributed by atoms with Crippen LogP contribution in [0.3, 0.4) is 0 Å². The monoisotopic (exact) mass is 554 g/mol. The van der Waals surface area contributed by atoms with Crippen LogP contribution in [0.15, 0.2) is 19.0 Å². The topological polar surface area (TPSA) is 123 Å². The summed E-state index contributed by atoms with van der Waals surface area (Å²) in [6.07, 6.45) is 13.9. The Morgan fingerprint density at radius 3 is 2.38 bits per heavy atom. The minimum atomic E-state index is -0.276. The first kappa shape index (κ1) is 29.3. The number of rotatable bonds is 7. The van der Waals surface area contributed by atoms with Crippen molar-refractivity contribution in [3.63, 3.8) is 0 Å². The van der Waals surface area contributed by atoms with Crippen LogP contribution in [0.1, 0.15) is 70.3 Å². The predicted molar refractivity (Wildman–Crippen MR) is 151 cm³/mol. The van der Waals surface area contributed by atoms with Gasteiger partial charge in [0.05, 0.1) is 6.33 Å². The van der Waals surface area contributed by atoms with Crippen LogP contribution in [0, 0.1) is 0 Å². The van der Waals surface area contributed by atoms with Gasteiger partial charge in [0, 0.05) is 37.3 Å². The van der Waals surface area contributed by atoms with Crippen molar-refractivity contribution < 1.29 is 9.53 Å². The van der Waals surface area contributed by atoms with E-state index < -0.39 is 0 Å². The summed E-state index contributed by atoms with van der Waals surface area (Å²) in [5.41, 5.74) is 7.82. The Morgan fingerprint density at radius 2 is 1.70 bits per heavy atom. The number of carbonyl (C=O) groups is 1. The zero-order valence-electron chi connectivity index (χ0n) is 21.3. The van der Waals surface area contributed by atoms with E-state index in [0.717, 1.165) is 55.5 Å². The molecule has 1 aliphatic heterocycles. The summed E-state index contributed by atoms with van der Waals surface area (Å²) in [6, 6.07) is 1.30. The molecular weight excluding hydrogens is 515 g/mol. The van der Waals surface area contributed by atoms with Crippen LogP contribution in [-0.4, -0.2) is 68.3 Å². The molecule has 0 aromatic carbocycles. The molecule has 3 heterocycles. The van der Waals surface area contributed by atoms with Crippen molar-refractivity contribution in [1.29, 1.82) is 0 Å². The van der Waals surface area contributed by atoms with E-state index in [2.05, 4.69) is 21.8 Å². The van der Waals surface area contributed by atoms with Gasteiger partial charge in [0.15, 0.2) is 17.0 Å². The van der Waals surface area contributed by atoms with Gasteiger partial charge in [0.1, 0.15) is 6.61 Å². The summed E-state index contributed by atoms with van der Waals surface area (Å²) < 4.78 is 7.43. The molecule has 0 atom stereocenters. The summed E-state index contributed by atoms with van der Waals surface area (Å²) in [5.74, 6) is 1.43. The maximum absolute atomic E-state index is 12.2. The van der Waals surface area contributed by atoms with Gasteiger partial charge < -0.3 is 30.6 Å². The van der Waals surface area contributed by atoms with Gasteiger partial charge in [0.2, 0.25) is 5.95 Å². The second-order valence-corrected chi connectivity index (χ2v) is 10.2. The molecule has 0 bridgehead atoms. The fourth-order valence-corrected chi connectivity index (χ4v) is 5.60. The van der Waals surface area contributed by atoms with Gasteiger partial charge in [-0.3, -0.25) is 0 Å². The molecule has 4 N–H and O–H groups in total. The molecule has 206 valence electrons. The number of nitrogens with two attached hydrogens (primary N) is 1. The number of halogens is 2. The molecule has 0 unspecified atom stereocenters. The lowest BCUT2D eigenvalue weighted by Gasteiger charge is -2.32. The molecule has 2 saturated carbocycles. The van der Waals surface area contributed by atoms with E-state index >= 15 is 0 Å². The summed E-state index contributed by atoms with van der Waals surface area (Å²) in [7, 11) is 0. The fourth-order valence-electron chi connectivity index (χ4n) is 5.60. The molecule has 1 amide bonds. The van der Waals surface area contributed by atoms with Crippen molar-refractivity contribution in [3.05, 3.63) is 19.0 Å². The number of amides is 1. The number of carbonyl (C=O) groups excluding carboxylic acids is 1. The SMILES string of the molecule is C=CCOC(=O)N1CCC(Nc2nc(NC3CCC(N)CC3)nc3c2ncn3C2CCCC2)CC1.Cl.Cl. The van der Waals surface area contributed by atoms with Gasteiger partial charge in [-0.1, -0.05) is 25.5 Å². The van der Waals surface area contributed by atoms with Gasteiger partial charge >= 0.3 is 6.09 Å². The third kappa shape index (κ3) is 6.97. The highest BCUT2D eigenvalue weighted by atomic mass is 35.5. The number of anilines is 2. The van der Waals surface area contributed by atoms with Crippen molar-refractivity contribution in [2.24, 2.45) is 5.73 Å². The zero-order valence-corrected chi connectivity index (χ0v) is 22.9. The number of fused-ring (bicyclic) bond motifs is 1. The molecule has 2 aromatic heterocycles. The average molecular weight is 556 g/mol. The minimum Gasteiger partial charge on any atom is -0.445 e. The Balaban J connectivity index is 0.00000190. The highest BCUT2D eigenvalue weighted by Crippen LogP contribution is 2.34. The molecule has 0 radical (unpaired) electrons. The number of piperidine rings is 1. The minimum absolute atomic E-state index is 0. The molecule has 12 heteroatoms. The Morgan fingerprint density at radius 1 is 1.03 bits per heavy atom. The van der Waals surface area contributed by atoms with E-state index in [1.807, 2.05) is 6.33 Å². The lowest BCUT2D eigenvalue weighted by atomic mass is 9.92. The first-order chi connectivity index (χ1) is 17.1. The number of nitrogens with one attached hydrogen (secondary N) is 2. The van der Waals surface area contributed by atoms with E-state index in [1.165, 1.54) is 25.7 Å². The highest BCUT2D eigenvalue weighted by Gasteiger charge is 2.27. The second-order valence-electron chi connectivity index (χ2n) is 10.2. The summed E-state index contributed by atoms with van der Waals surface area (Å²) in [4.78, 5) is 28.5. The quantitative estimate of drug-likeness (QED) is 0.422. The number of aromatic nitrogens is 4.